The lowest BCUT2D eigenvalue weighted by molar-refractivity contribution is 0.0744. The summed E-state index contributed by atoms with van der Waals surface area (Å²) in [5.74, 6) is -0.0538. The molecule has 3 nitrogen and oxygen atoms in total. The maximum Gasteiger partial charge on any atom is 0.256 e. The van der Waals surface area contributed by atoms with Gasteiger partial charge in [-0.2, -0.15) is 0 Å². The Hall–Kier alpha value is -0.290. The Balaban J connectivity index is 2.14. The van der Waals surface area contributed by atoms with E-state index in [0.717, 1.165) is 19.5 Å². The molecule has 1 amide bonds. The third-order valence-electron chi connectivity index (χ3n) is 2.79. The molecule has 0 radical (unpaired) electrons. The van der Waals surface area contributed by atoms with Gasteiger partial charge >= 0.3 is 0 Å². The highest BCUT2D eigenvalue weighted by atomic mass is 35.5. The summed E-state index contributed by atoms with van der Waals surface area (Å²) < 4.78 is 1.01. The van der Waals surface area contributed by atoms with E-state index in [9.17, 15) is 4.79 Å². The quantitative estimate of drug-likeness (QED) is 0.902. The molecule has 1 saturated heterocycles. The first-order valence-electron chi connectivity index (χ1n) is 5.02. The van der Waals surface area contributed by atoms with E-state index >= 15 is 0 Å². The van der Waals surface area contributed by atoms with Crippen molar-refractivity contribution in [3.05, 3.63) is 20.3 Å². The molecule has 1 N–H and O–H groups in total. The fourth-order valence-corrected chi connectivity index (χ4v) is 3.26. The normalized spacial score (nSPS) is 20.1. The third-order valence-corrected chi connectivity index (χ3v) is 4.28. The molecule has 1 fully saturated rings. The maximum atomic E-state index is 12.1. The van der Waals surface area contributed by atoms with Crippen LogP contribution >= 0.6 is 34.5 Å². The van der Waals surface area contributed by atoms with E-state index in [1.165, 1.54) is 11.3 Å². The maximum absolute atomic E-state index is 12.1. The fourth-order valence-electron chi connectivity index (χ4n) is 1.81. The van der Waals surface area contributed by atoms with Gasteiger partial charge in [-0.05, 0) is 19.0 Å². The fraction of sp³-hybridized carbons (Fsp3) is 0.500. The molecule has 2 rings (SSSR count). The summed E-state index contributed by atoms with van der Waals surface area (Å²) in [6, 6.07) is 1.89. The number of halogens is 2. The lowest BCUT2D eigenvalue weighted by Crippen LogP contribution is -2.38. The van der Waals surface area contributed by atoms with E-state index in [-0.39, 0.29) is 11.9 Å². The minimum Gasteiger partial charge on any atom is -0.337 e. The molecule has 1 aliphatic heterocycles. The highest BCUT2D eigenvalue weighted by Crippen LogP contribution is 2.32. The van der Waals surface area contributed by atoms with Gasteiger partial charge in [0.1, 0.15) is 4.34 Å². The Morgan fingerprint density at radius 2 is 2.38 bits per heavy atom. The number of rotatable bonds is 2. The topological polar surface area (TPSA) is 32.3 Å². The zero-order valence-electron chi connectivity index (χ0n) is 8.80. The van der Waals surface area contributed by atoms with Crippen molar-refractivity contribution in [3.8, 4) is 0 Å². The van der Waals surface area contributed by atoms with E-state index in [1.54, 1.807) is 11.0 Å². The number of hydrogen-bond donors (Lipinski definition) is 1. The third kappa shape index (κ3) is 2.35. The summed E-state index contributed by atoms with van der Waals surface area (Å²) in [4.78, 5) is 13.9. The molecular formula is C10H12Cl2N2OS. The molecule has 1 aromatic heterocycles. The smallest absolute Gasteiger partial charge is 0.256 e. The zero-order valence-corrected chi connectivity index (χ0v) is 11.1. The van der Waals surface area contributed by atoms with Crippen molar-refractivity contribution in [1.29, 1.82) is 0 Å². The van der Waals surface area contributed by atoms with Crippen LogP contribution in [-0.4, -0.2) is 37.0 Å². The minimum atomic E-state index is -0.0538. The second-order valence-electron chi connectivity index (χ2n) is 3.80. The first-order valence-corrected chi connectivity index (χ1v) is 6.59. The van der Waals surface area contributed by atoms with Crippen LogP contribution in [0.4, 0.5) is 0 Å². The average molecular weight is 279 g/mol. The van der Waals surface area contributed by atoms with Crippen molar-refractivity contribution < 1.29 is 4.79 Å². The van der Waals surface area contributed by atoms with Crippen molar-refractivity contribution >= 4 is 40.4 Å². The van der Waals surface area contributed by atoms with E-state index in [1.807, 2.05) is 7.05 Å². The molecule has 88 valence electrons. The SMILES string of the molecule is CN(C(=O)c1cc(Cl)sc1Cl)C1CCNC1. The van der Waals surface area contributed by atoms with Gasteiger partial charge in [-0.15, -0.1) is 11.3 Å². The molecule has 2 heterocycles. The summed E-state index contributed by atoms with van der Waals surface area (Å²) >= 11 is 13.0. The number of hydrogen-bond acceptors (Lipinski definition) is 3. The number of nitrogens with one attached hydrogen (secondary N) is 1. The average Bonchev–Trinajstić information content (AvgIpc) is 2.85. The van der Waals surface area contributed by atoms with Gasteiger partial charge < -0.3 is 10.2 Å². The van der Waals surface area contributed by atoms with Gasteiger partial charge in [-0.3, -0.25) is 4.79 Å². The molecule has 1 aromatic rings. The second kappa shape index (κ2) is 4.92. The predicted molar refractivity (Wildman–Crippen MR) is 67.7 cm³/mol. The molecule has 1 aliphatic rings. The number of carbonyl (C=O) groups excluding carboxylic acids is 1. The summed E-state index contributed by atoms with van der Waals surface area (Å²) in [7, 11) is 1.81. The summed E-state index contributed by atoms with van der Waals surface area (Å²) in [6.45, 7) is 1.80. The van der Waals surface area contributed by atoms with Crippen molar-refractivity contribution in [1.82, 2.24) is 10.2 Å². The Labute approximate surface area is 108 Å². The van der Waals surface area contributed by atoms with Crippen LogP contribution < -0.4 is 5.32 Å². The highest BCUT2D eigenvalue weighted by molar-refractivity contribution is 7.20. The Bertz CT molecular complexity index is 402. The molecular weight excluding hydrogens is 267 g/mol. The van der Waals surface area contributed by atoms with E-state index in [4.69, 9.17) is 23.2 Å². The number of thiophene rings is 1. The van der Waals surface area contributed by atoms with Crippen molar-refractivity contribution in [3.63, 3.8) is 0 Å². The highest BCUT2D eigenvalue weighted by Gasteiger charge is 2.26. The lowest BCUT2D eigenvalue weighted by Gasteiger charge is -2.23. The standard InChI is InChI=1S/C10H12Cl2N2OS/c1-14(6-2-3-13-5-6)10(15)7-4-8(11)16-9(7)12/h4,6,13H,2-3,5H2,1H3. The van der Waals surface area contributed by atoms with Crippen LogP contribution in [0.3, 0.4) is 0 Å². The van der Waals surface area contributed by atoms with Crippen LogP contribution in [0.15, 0.2) is 6.07 Å². The molecule has 0 aromatic carbocycles. The summed E-state index contributed by atoms with van der Waals surface area (Å²) in [5, 5.41) is 3.23. The Morgan fingerprint density at radius 1 is 1.62 bits per heavy atom. The van der Waals surface area contributed by atoms with Gasteiger partial charge in [-0.1, -0.05) is 23.2 Å². The monoisotopic (exact) mass is 278 g/mol. The largest absolute Gasteiger partial charge is 0.337 e. The van der Waals surface area contributed by atoms with E-state index in [0.29, 0.717) is 14.2 Å². The molecule has 0 bridgehead atoms. The van der Waals surface area contributed by atoms with Crippen molar-refractivity contribution in [2.75, 3.05) is 20.1 Å². The predicted octanol–water partition coefficient (Wildman–Crippen LogP) is 2.49. The second-order valence-corrected chi connectivity index (χ2v) is 6.09. The van der Waals surface area contributed by atoms with Gasteiger partial charge in [0.05, 0.1) is 9.90 Å². The van der Waals surface area contributed by atoms with Crippen molar-refractivity contribution in [2.45, 2.75) is 12.5 Å². The van der Waals surface area contributed by atoms with Crippen molar-refractivity contribution in [2.24, 2.45) is 0 Å². The van der Waals surface area contributed by atoms with Crippen LogP contribution in [0, 0.1) is 0 Å². The van der Waals surface area contributed by atoms with Crippen LogP contribution in [0.2, 0.25) is 8.67 Å². The van der Waals surface area contributed by atoms with Crippen LogP contribution in [-0.2, 0) is 0 Å². The molecule has 1 atom stereocenters. The molecule has 0 aliphatic carbocycles. The van der Waals surface area contributed by atoms with E-state index in [2.05, 4.69) is 5.32 Å². The molecule has 1 unspecified atom stereocenters. The number of carbonyl (C=O) groups is 1. The van der Waals surface area contributed by atoms with Gasteiger partial charge in [0.15, 0.2) is 0 Å². The molecule has 6 heteroatoms. The molecule has 0 spiro atoms. The zero-order chi connectivity index (χ0) is 11.7. The minimum absolute atomic E-state index is 0.0538. The summed E-state index contributed by atoms with van der Waals surface area (Å²) in [5.41, 5.74) is 0.506. The van der Waals surface area contributed by atoms with E-state index < -0.39 is 0 Å². The number of amides is 1. The summed E-state index contributed by atoms with van der Waals surface area (Å²) in [6.07, 6.45) is 0.984. The Kier molecular flexibility index (Phi) is 3.74. The molecule has 16 heavy (non-hydrogen) atoms. The first-order chi connectivity index (χ1) is 7.59. The van der Waals surface area contributed by atoms with Gasteiger partial charge in [0.25, 0.3) is 5.91 Å². The number of likely N-dealkylation sites (N-methyl/N-ethyl adjacent to an activating group) is 1. The van der Waals surface area contributed by atoms with Crippen LogP contribution in [0.5, 0.6) is 0 Å². The van der Waals surface area contributed by atoms with Crippen LogP contribution in [0.25, 0.3) is 0 Å². The number of nitrogens with zero attached hydrogens (tertiary/aromatic N) is 1. The van der Waals surface area contributed by atoms with Gasteiger partial charge in [0, 0.05) is 19.6 Å². The van der Waals surface area contributed by atoms with Crippen LogP contribution in [0.1, 0.15) is 16.8 Å². The van der Waals surface area contributed by atoms with Gasteiger partial charge in [0.2, 0.25) is 0 Å². The first kappa shape index (κ1) is 12.2. The Morgan fingerprint density at radius 3 is 2.88 bits per heavy atom. The molecule has 0 saturated carbocycles. The van der Waals surface area contributed by atoms with Gasteiger partial charge in [-0.25, -0.2) is 0 Å². The lowest BCUT2D eigenvalue weighted by atomic mass is 10.2.